The van der Waals surface area contributed by atoms with E-state index < -0.39 is 5.97 Å². The first-order valence-electron chi connectivity index (χ1n) is 3.89. The molecule has 0 rings (SSSR count). The maximum atomic E-state index is 9.00. The van der Waals surface area contributed by atoms with Crippen LogP contribution in [-0.2, 0) is 4.79 Å². The van der Waals surface area contributed by atoms with Crippen molar-refractivity contribution >= 4 is 5.97 Å². The lowest BCUT2D eigenvalue weighted by atomic mass is 10.2. The van der Waals surface area contributed by atoms with Crippen molar-refractivity contribution < 1.29 is 15.0 Å². The Hall–Kier alpha value is -1.01. The molecule has 0 spiro atoms. The minimum atomic E-state index is -0.833. The first-order chi connectivity index (χ1) is 5.65. The van der Waals surface area contributed by atoms with E-state index in [0.29, 0.717) is 6.61 Å². The van der Waals surface area contributed by atoms with Crippen LogP contribution in [0.2, 0.25) is 0 Å². The molecule has 0 atom stereocenters. The van der Waals surface area contributed by atoms with Crippen LogP contribution in [0.15, 0.2) is 0 Å². The number of aliphatic carboxylic acids is 1. The van der Waals surface area contributed by atoms with Crippen molar-refractivity contribution in [1.82, 2.24) is 0 Å². The van der Waals surface area contributed by atoms with Crippen molar-refractivity contribution in [3.8, 4) is 12.3 Å². The van der Waals surface area contributed by atoms with Gasteiger partial charge in [0.05, 0.1) is 0 Å². The van der Waals surface area contributed by atoms with Gasteiger partial charge in [-0.15, -0.1) is 12.3 Å². The number of carboxylic acid groups (broad SMARTS) is 1. The quantitative estimate of drug-likeness (QED) is 0.496. The molecule has 0 unspecified atom stereocenters. The first kappa shape index (κ1) is 13.6. The Kier molecular flexibility index (Phi) is 14.3. The van der Waals surface area contributed by atoms with Gasteiger partial charge in [0.25, 0.3) is 5.97 Å². The third kappa shape index (κ3) is 36.1. The molecule has 0 saturated heterocycles. The number of unbranched alkanes of at least 4 members (excludes halogenated alkanes) is 3. The molecule has 0 aliphatic carbocycles. The Labute approximate surface area is 73.4 Å². The van der Waals surface area contributed by atoms with Crippen LogP contribution in [-0.4, -0.2) is 22.8 Å². The van der Waals surface area contributed by atoms with Crippen LogP contribution >= 0.6 is 0 Å². The van der Waals surface area contributed by atoms with Crippen molar-refractivity contribution in [2.75, 3.05) is 6.61 Å². The molecule has 0 aromatic carbocycles. The summed E-state index contributed by atoms with van der Waals surface area (Å²) in [7, 11) is 0. The number of terminal acetylenes is 1. The molecule has 0 aromatic heterocycles. The van der Waals surface area contributed by atoms with Crippen LogP contribution in [0.25, 0.3) is 0 Å². The third-order valence-corrected chi connectivity index (χ3v) is 0.979. The lowest BCUT2D eigenvalue weighted by Crippen LogP contribution is -1.81. The minimum absolute atomic E-state index is 0.296. The average molecular weight is 172 g/mol. The molecule has 0 heterocycles. The summed E-state index contributed by atoms with van der Waals surface area (Å²) < 4.78 is 0. The highest BCUT2D eigenvalue weighted by molar-refractivity contribution is 5.62. The predicted molar refractivity (Wildman–Crippen MR) is 47.7 cm³/mol. The van der Waals surface area contributed by atoms with Crippen LogP contribution in [0.4, 0.5) is 0 Å². The normalized spacial score (nSPS) is 7.75. The van der Waals surface area contributed by atoms with Gasteiger partial charge in [0.1, 0.15) is 0 Å². The summed E-state index contributed by atoms with van der Waals surface area (Å²) >= 11 is 0. The number of aliphatic hydroxyl groups is 1. The van der Waals surface area contributed by atoms with Gasteiger partial charge in [-0.3, -0.25) is 4.79 Å². The summed E-state index contributed by atoms with van der Waals surface area (Å²) in [6, 6.07) is 0. The molecular formula is C9H16O3. The summed E-state index contributed by atoms with van der Waals surface area (Å²) in [6.45, 7) is 1.38. The van der Waals surface area contributed by atoms with E-state index in [1.165, 1.54) is 0 Å². The summed E-state index contributed by atoms with van der Waals surface area (Å²) in [5, 5.41) is 15.7. The molecule has 0 bridgehead atoms. The van der Waals surface area contributed by atoms with E-state index in [4.69, 9.17) is 21.4 Å². The Morgan fingerprint density at radius 2 is 1.92 bits per heavy atom. The number of carbonyl (C=O) groups is 1. The van der Waals surface area contributed by atoms with Crippen molar-refractivity contribution in [2.45, 2.75) is 32.6 Å². The monoisotopic (exact) mass is 172 g/mol. The van der Waals surface area contributed by atoms with Gasteiger partial charge in [-0.05, 0) is 12.8 Å². The number of carboxylic acids is 1. The Morgan fingerprint density at radius 1 is 1.42 bits per heavy atom. The summed E-state index contributed by atoms with van der Waals surface area (Å²) in [6.07, 6.45) is 8.84. The number of aliphatic hydroxyl groups excluding tert-OH is 1. The van der Waals surface area contributed by atoms with Crippen molar-refractivity contribution in [1.29, 1.82) is 0 Å². The van der Waals surface area contributed by atoms with Crippen LogP contribution in [0.5, 0.6) is 0 Å². The van der Waals surface area contributed by atoms with Gasteiger partial charge in [0.15, 0.2) is 0 Å². The largest absolute Gasteiger partial charge is 0.481 e. The van der Waals surface area contributed by atoms with Gasteiger partial charge in [0.2, 0.25) is 0 Å². The zero-order chi connectivity index (χ0) is 9.82. The zero-order valence-electron chi connectivity index (χ0n) is 7.42. The summed E-state index contributed by atoms with van der Waals surface area (Å²) in [4.78, 5) is 9.00. The minimum Gasteiger partial charge on any atom is -0.481 e. The van der Waals surface area contributed by atoms with Crippen LogP contribution in [0.3, 0.4) is 0 Å². The van der Waals surface area contributed by atoms with E-state index >= 15 is 0 Å². The van der Waals surface area contributed by atoms with E-state index in [-0.39, 0.29) is 0 Å². The Balaban J connectivity index is 0. The maximum absolute atomic E-state index is 9.00. The molecule has 12 heavy (non-hydrogen) atoms. The second-order valence-corrected chi connectivity index (χ2v) is 2.26. The second kappa shape index (κ2) is 12.6. The van der Waals surface area contributed by atoms with Gasteiger partial charge in [0, 0.05) is 20.0 Å². The molecule has 3 heteroatoms. The van der Waals surface area contributed by atoms with Crippen molar-refractivity contribution in [3.05, 3.63) is 0 Å². The van der Waals surface area contributed by atoms with Gasteiger partial charge in [-0.1, -0.05) is 6.42 Å². The fourth-order valence-electron chi connectivity index (χ4n) is 0.516. The van der Waals surface area contributed by atoms with Gasteiger partial charge >= 0.3 is 0 Å². The molecule has 0 fully saturated rings. The number of hydrogen-bond donors (Lipinski definition) is 2. The molecule has 0 saturated carbocycles. The van der Waals surface area contributed by atoms with Gasteiger partial charge in [-0.2, -0.15) is 0 Å². The lowest BCUT2D eigenvalue weighted by Gasteiger charge is -1.90. The Bertz CT molecular complexity index is 131. The molecule has 0 aliphatic rings. The molecule has 3 nitrogen and oxygen atoms in total. The standard InChI is InChI=1S/C7H12O.C2H4O2/c1-2-3-4-5-6-7-8;1-2(3)4/h1,8H,3-7H2;1H3,(H,3,4). The van der Waals surface area contributed by atoms with E-state index in [0.717, 1.165) is 32.6 Å². The molecule has 0 amide bonds. The first-order valence-corrected chi connectivity index (χ1v) is 3.89. The average Bonchev–Trinajstić information content (AvgIpc) is 1.97. The maximum Gasteiger partial charge on any atom is 0.300 e. The number of hydrogen-bond acceptors (Lipinski definition) is 2. The van der Waals surface area contributed by atoms with Crippen molar-refractivity contribution in [3.63, 3.8) is 0 Å². The topological polar surface area (TPSA) is 57.5 Å². The SMILES string of the molecule is C#CCCCCCO.CC(=O)O. The molecule has 0 radical (unpaired) electrons. The molecule has 70 valence electrons. The third-order valence-electron chi connectivity index (χ3n) is 0.979. The fraction of sp³-hybridized carbons (Fsp3) is 0.667. The zero-order valence-corrected chi connectivity index (χ0v) is 7.42. The molecular weight excluding hydrogens is 156 g/mol. The Morgan fingerprint density at radius 3 is 2.25 bits per heavy atom. The van der Waals surface area contributed by atoms with Gasteiger partial charge in [-0.25, -0.2) is 0 Å². The fourth-order valence-corrected chi connectivity index (χ4v) is 0.516. The lowest BCUT2D eigenvalue weighted by molar-refractivity contribution is -0.134. The highest BCUT2D eigenvalue weighted by Crippen LogP contribution is 1.96. The molecule has 2 N–H and O–H groups in total. The van der Waals surface area contributed by atoms with E-state index in [9.17, 15) is 0 Å². The summed E-state index contributed by atoms with van der Waals surface area (Å²) in [5.41, 5.74) is 0. The highest BCUT2D eigenvalue weighted by atomic mass is 16.4. The number of rotatable bonds is 4. The smallest absolute Gasteiger partial charge is 0.300 e. The van der Waals surface area contributed by atoms with Gasteiger partial charge < -0.3 is 10.2 Å². The molecule has 0 aliphatic heterocycles. The summed E-state index contributed by atoms with van der Waals surface area (Å²) in [5.74, 6) is 1.71. The van der Waals surface area contributed by atoms with Crippen LogP contribution < -0.4 is 0 Å². The van der Waals surface area contributed by atoms with E-state index in [1.807, 2.05) is 0 Å². The van der Waals surface area contributed by atoms with E-state index in [2.05, 4.69) is 5.92 Å². The second-order valence-electron chi connectivity index (χ2n) is 2.26. The van der Waals surface area contributed by atoms with Crippen molar-refractivity contribution in [2.24, 2.45) is 0 Å². The molecule has 0 aromatic rings. The van der Waals surface area contributed by atoms with Crippen LogP contribution in [0.1, 0.15) is 32.6 Å². The highest BCUT2D eigenvalue weighted by Gasteiger charge is 1.82. The van der Waals surface area contributed by atoms with Crippen LogP contribution in [0, 0.1) is 12.3 Å². The van der Waals surface area contributed by atoms with E-state index in [1.54, 1.807) is 0 Å². The predicted octanol–water partition coefficient (Wildman–Crippen LogP) is 1.26.